The first-order valence-corrected chi connectivity index (χ1v) is 4.30. The topological polar surface area (TPSA) is 57.2 Å². The van der Waals surface area contributed by atoms with Gasteiger partial charge < -0.3 is 10.7 Å². The Labute approximate surface area is 73.2 Å². The molecule has 1 saturated heterocycles. The summed E-state index contributed by atoms with van der Waals surface area (Å²) in [7, 11) is 2.15. The third kappa shape index (κ3) is 3.15. The van der Waals surface area contributed by atoms with E-state index in [9.17, 15) is 0 Å². The largest absolute Gasteiger partial charge is 0.305 e. The summed E-state index contributed by atoms with van der Waals surface area (Å²) in [6.07, 6.45) is 0. The van der Waals surface area contributed by atoms with Crippen LogP contribution in [-0.2, 0) is 0 Å². The van der Waals surface area contributed by atoms with Gasteiger partial charge in [-0.15, -0.1) is 0 Å². The van der Waals surface area contributed by atoms with E-state index in [0.717, 1.165) is 39.3 Å². The highest BCUT2D eigenvalue weighted by Gasteiger charge is 2.12. The van der Waals surface area contributed by atoms with Crippen LogP contribution in [0.5, 0.6) is 0 Å². The van der Waals surface area contributed by atoms with Gasteiger partial charge in [-0.05, 0) is 7.05 Å². The van der Waals surface area contributed by atoms with Gasteiger partial charge in [-0.2, -0.15) is 5.11 Å². The van der Waals surface area contributed by atoms with Gasteiger partial charge in [0, 0.05) is 32.7 Å². The second-order valence-electron chi connectivity index (χ2n) is 3.13. The van der Waals surface area contributed by atoms with Crippen LogP contribution in [0.2, 0.25) is 0 Å². The van der Waals surface area contributed by atoms with Crippen LogP contribution in [0, 0.1) is 0 Å². The van der Waals surface area contributed by atoms with E-state index in [0.29, 0.717) is 0 Å². The Morgan fingerprint density at radius 1 is 1.25 bits per heavy atom. The van der Waals surface area contributed by atoms with Crippen molar-refractivity contribution in [3.8, 4) is 0 Å². The SMILES string of the molecule is CN1CCN(CCN=NN)CC1. The first kappa shape index (κ1) is 9.41. The molecule has 0 aliphatic carbocycles. The molecule has 12 heavy (non-hydrogen) atoms. The Morgan fingerprint density at radius 2 is 1.92 bits per heavy atom. The summed E-state index contributed by atoms with van der Waals surface area (Å²) in [4.78, 5) is 4.72. The average Bonchev–Trinajstić information content (AvgIpc) is 2.09. The van der Waals surface area contributed by atoms with Crippen LogP contribution >= 0.6 is 0 Å². The molecule has 1 rings (SSSR count). The summed E-state index contributed by atoms with van der Waals surface area (Å²) in [6.45, 7) is 6.28. The maximum absolute atomic E-state index is 4.90. The molecule has 2 N–H and O–H groups in total. The van der Waals surface area contributed by atoms with Gasteiger partial charge in [-0.25, -0.2) is 0 Å². The summed E-state index contributed by atoms with van der Waals surface area (Å²) in [5.74, 6) is 4.90. The fourth-order valence-corrected chi connectivity index (χ4v) is 1.32. The molecular weight excluding hydrogens is 154 g/mol. The van der Waals surface area contributed by atoms with E-state index in [4.69, 9.17) is 5.84 Å². The predicted molar refractivity (Wildman–Crippen MR) is 47.8 cm³/mol. The maximum Gasteiger partial charge on any atom is 0.0747 e. The quantitative estimate of drug-likeness (QED) is 0.356. The second kappa shape index (κ2) is 5.05. The number of rotatable bonds is 3. The van der Waals surface area contributed by atoms with Crippen molar-refractivity contribution in [3.63, 3.8) is 0 Å². The molecule has 0 unspecified atom stereocenters. The van der Waals surface area contributed by atoms with Crippen LogP contribution in [0.4, 0.5) is 0 Å². The summed E-state index contributed by atoms with van der Waals surface area (Å²) >= 11 is 0. The van der Waals surface area contributed by atoms with Crippen molar-refractivity contribution in [3.05, 3.63) is 0 Å². The molecule has 70 valence electrons. The molecule has 1 heterocycles. The zero-order valence-electron chi connectivity index (χ0n) is 7.61. The van der Waals surface area contributed by atoms with Crippen molar-refractivity contribution in [1.82, 2.24) is 9.80 Å². The lowest BCUT2D eigenvalue weighted by molar-refractivity contribution is 0.157. The Bertz CT molecular complexity index is 139. The fourth-order valence-electron chi connectivity index (χ4n) is 1.32. The maximum atomic E-state index is 4.90. The van der Waals surface area contributed by atoms with Crippen LogP contribution < -0.4 is 5.84 Å². The number of likely N-dealkylation sites (N-methyl/N-ethyl adjacent to an activating group) is 1. The fraction of sp³-hybridized carbons (Fsp3) is 1.00. The molecule has 1 aliphatic heterocycles. The summed E-state index contributed by atoms with van der Waals surface area (Å²) < 4.78 is 0. The van der Waals surface area contributed by atoms with E-state index in [-0.39, 0.29) is 0 Å². The van der Waals surface area contributed by atoms with Gasteiger partial charge in [0.25, 0.3) is 0 Å². The zero-order valence-corrected chi connectivity index (χ0v) is 7.61. The molecule has 0 saturated carbocycles. The van der Waals surface area contributed by atoms with E-state index in [1.54, 1.807) is 0 Å². The van der Waals surface area contributed by atoms with E-state index in [1.165, 1.54) is 0 Å². The number of nitrogens with zero attached hydrogens (tertiary/aromatic N) is 4. The third-order valence-electron chi connectivity index (χ3n) is 2.19. The first-order valence-electron chi connectivity index (χ1n) is 4.30. The van der Waals surface area contributed by atoms with Crippen LogP contribution in [-0.4, -0.2) is 56.1 Å². The van der Waals surface area contributed by atoms with E-state index in [2.05, 4.69) is 27.2 Å². The minimum absolute atomic E-state index is 0.722. The van der Waals surface area contributed by atoms with E-state index < -0.39 is 0 Å². The van der Waals surface area contributed by atoms with Crippen molar-refractivity contribution in [2.45, 2.75) is 0 Å². The average molecular weight is 171 g/mol. The summed E-state index contributed by atoms with van der Waals surface area (Å²) in [5.41, 5.74) is 0. The Balaban J connectivity index is 2.09. The molecule has 1 aliphatic rings. The minimum atomic E-state index is 0.722. The molecule has 0 aromatic heterocycles. The molecular formula is C7H17N5. The molecule has 0 aromatic carbocycles. The molecule has 0 atom stereocenters. The second-order valence-corrected chi connectivity index (χ2v) is 3.13. The van der Waals surface area contributed by atoms with E-state index in [1.807, 2.05) is 0 Å². The first-order chi connectivity index (χ1) is 5.83. The Hall–Kier alpha value is -0.680. The van der Waals surface area contributed by atoms with Crippen LogP contribution in [0.25, 0.3) is 0 Å². The summed E-state index contributed by atoms with van der Waals surface area (Å²) in [5, 5.41) is 6.96. The highest BCUT2D eigenvalue weighted by atomic mass is 15.3. The molecule has 0 spiro atoms. The molecule has 0 amide bonds. The van der Waals surface area contributed by atoms with Crippen molar-refractivity contribution in [2.75, 3.05) is 46.3 Å². The van der Waals surface area contributed by atoms with Gasteiger partial charge in [-0.1, -0.05) is 5.22 Å². The normalized spacial score (nSPS) is 22.1. The smallest absolute Gasteiger partial charge is 0.0747 e. The molecule has 5 heteroatoms. The van der Waals surface area contributed by atoms with Crippen molar-refractivity contribution >= 4 is 0 Å². The molecule has 0 radical (unpaired) electrons. The predicted octanol–water partition coefficient (Wildman–Crippen LogP) is -0.440. The van der Waals surface area contributed by atoms with Crippen LogP contribution in [0.15, 0.2) is 10.3 Å². The molecule has 5 nitrogen and oxygen atoms in total. The van der Waals surface area contributed by atoms with Gasteiger partial charge in [-0.3, -0.25) is 4.90 Å². The van der Waals surface area contributed by atoms with Gasteiger partial charge in [0.1, 0.15) is 0 Å². The monoisotopic (exact) mass is 171 g/mol. The zero-order chi connectivity index (χ0) is 8.81. The Morgan fingerprint density at radius 3 is 2.50 bits per heavy atom. The van der Waals surface area contributed by atoms with Crippen molar-refractivity contribution < 1.29 is 0 Å². The number of hydrogen-bond acceptors (Lipinski definition) is 4. The number of nitrogens with two attached hydrogens (primary N) is 1. The van der Waals surface area contributed by atoms with Gasteiger partial charge in [0.15, 0.2) is 0 Å². The van der Waals surface area contributed by atoms with Crippen LogP contribution in [0.1, 0.15) is 0 Å². The highest BCUT2D eigenvalue weighted by molar-refractivity contribution is 4.69. The van der Waals surface area contributed by atoms with Crippen molar-refractivity contribution in [2.24, 2.45) is 16.2 Å². The lowest BCUT2D eigenvalue weighted by atomic mass is 10.3. The van der Waals surface area contributed by atoms with Crippen molar-refractivity contribution in [1.29, 1.82) is 0 Å². The van der Waals surface area contributed by atoms with Gasteiger partial charge >= 0.3 is 0 Å². The third-order valence-corrected chi connectivity index (χ3v) is 2.19. The standard InChI is InChI=1S/C7H17N5/c1-11-4-6-12(7-5-11)3-2-9-10-8/h2-7H2,1H3,(H2,8,9). The van der Waals surface area contributed by atoms with Crippen LogP contribution in [0.3, 0.4) is 0 Å². The summed E-state index contributed by atoms with van der Waals surface area (Å²) in [6, 6.07) is 0. The molecule has 1 fully saturated rings. The van der Waals surface area contributed by atoms with E-state index >= 15 is 0 Å². The lowest BCUT2D eigenvalue weighted by Gasteiger charge is -2.31. The highest BCUT2D eigenvalue weighted by Crippen LogP contribution is 1.97. The molecule has 0 aromatic rings. The number of piperazine rings is 1. The Kier molecular flexibility index (Phi) is 3.96. The van der Waals surface area contributed by atoms with Gasteiger partial charge in [0.2, 0.25) is 0 Å². The van der Waals surface area contributed by atoms with Gasteiger partial charge in [0.05, 0.1) is 6.54 Å². The minimum Gasteiger partial charge on any atom is -0.305 e. The lowest BCUT2D eigenvalue weighted by Crippen LogP contribution is -2.45. The number of hydrogen-bond donors (Lipinski definition) is 1. The molecule has 0 bridgehead atoms.